The third kappa shape index (κ3) is 2.44. The molecule has 4 aromatic rings. The van der Waals surface area contributed by atoms with Crippen molar-refractivity contribution in [3.63, 3.8) is 0 Å². The second-order valence-electron chi connectivity index (χ2n) is 11.0. The van der Waals surface area contributed by atoms with Gasteiger partial charge in [0.05, 0.1) is 22.4 Å². The fourth-order valence-electron chi connectivity index (χ4n) is 7.52. The first-order valence-corrected chi connectivity index (χ1v) is 13.0. The normalized spacial score (nSPS) is 30.4. The molecular formula is C30H25N5O3. The molecule has 5 aliphatic heterocycles. The van der Waals surface area contributed by atoms with E-state index in [1.807, 2.05) is 78.6 Å². The number of hydrogen-bond acceptors (Lipinski definition) is 5. The number of carbonyl (C=O) groups is 2. The van der Waals surface area contributed by atoms with Gasteiger partial charge >= 0.3 is 0 Å². The van der Waals surface area contributed by atoms with Crippen LogP contribution in [0.1, 0.15) is 36.3 Å². The van der Waals surface area contributed by atoms with E-state index in [0.29, 0.717) is 29.6 Å². The van der Waals surface area contributed by atoms with Gasteiger partial charge in [-0.2, -0.15) is 0 Å². The van der Waals surface area contributed by atoms with E-state index in [2.05, 4.69) is 16.7 Å². The summed E-state index contributed by atoms with van der Waals surface area (Å²) in [6, 6.07) is 24.1. The summed E-state index contributed by atoms with van der Waals surface area (Å²) in [5.74, 6) is 0.365. The number of nitrogens with zero attached hydrogens (tertiary/aromatic N) is 3. The van der Waals surface area contributed by atoms with Gasteiger partial charge in [0.2, 0.25) is 11.8 Å². The van der Waals surface area contributed by atoms with E-state index < -0.39 is 29.2 Å². The van der Waals surface area contributed by atoms with Crippen molar-refractivity contribution in [2.45, 2.75) is 49.0 Å². The summed E-state index contributed by atoms with van der Waals surface area (Å²) in [5, 5.41) is 7.44. The molecule has 5 atom stereocenters. The average molecular weight is 504 g/mol. The maximum atomic E-state index is 13.9. The Bertz CT molecular complexity index is 1750. The monoisotopic (exact) mass is 503 g/mol. The van der Waals surface area contributed by atoms with Crippen LogP contribution in [-0.4, -0.2) is 33.6 Å². The summed E-state index contributed by atoms with van der Waals surface area (Å²) in [6.07, 6.45) is 0.557. The van der Waals surface area contributed by atoms with Crippen molar-refractivity contribution in [3.05, 3.63) is 106 Å². The largest absolute Gasteiger partial charge is 0.341 e. The molecule has 2 fully saturated rings. The molecule has 2 N–H and O–H groups in total. The minimum Gasteiger partial charge on any atom is -0.341 e. The van der Waals surface area contributed by atoms with Crippen LogP contribution in [0.25, 0.3) is 10.9 Å². The third-order valence-corrected chi connectivity index (χ3v) is 9.20. The minimum atomic E-state index is -1.04. The fourth-order valence-corrected chi connectivity index (χ4v) is 7.52. The zero-order valence-corrected chi connectivity index (χ0v) is 20.7. The third-order valence-electron chi connectivity index (χ3n) is 9.20. The number of fused-ring (bicyclic) bond motifs is 5. The van der Waals surface area contributed by atoms with E-state index in [4.69, 9.17) is 4.98 Å². The van der Waals surface area contributed by atoms with Gasteiger partial charge < -0.3 is 5.32 Å². The molecular weight excluding hydrogens is 478 g/mol. The van der Waals surface area contributed by atoms with Crippen LogP contribution in [0, 0.1) is 0 Å². The minimum absolute atomic E-state index is 0.0170. The van der Waals surface area contributed by atoms with Gasteiger partial charge in [-0.25, -0.2) is 4.98 Å². The first kappa shape index (κ1) is 21.8. The molecule has 0 saturated carbocycles. The highest BCUT2D eigenvalue weighted by Crippen LogP contribution is 2.62. The molecule has 8 heteroatoms. The van der Waals surface area contributed by atoms with Crippen LogP contribution in [0.3, 0.4) is 0 Å². The maximum absolute atomic E-state index is 13.9. The zero-order chi connectivity index (χ0) is 25.8. The molecule has 8 nitrogen and oxygen atoms in total. The van der Waals surface area contributed by atoms with E-state index in [-0.39, 0.29) is 17.4 Å². The first-order valence-electron chi connectivity index (χ1n) is 13.0. The van der Waals surface area contributed by atoms with Crippen molar-refractivity contribution >= 4 is 28.4 Å². The number of hydrogen-bond donors (Lipinski definition) is 2. The van der Waals surface area contributed by atoms with Crippen molar-refractivity contribution < 1.29 is 9.59 Å². The Morgan fingerprint density at radius 1 is 0.947 bits per heavy atom. The van der Waals surface area contributed by atoms with Crippen LogP contribution in [0.4, 0.5) is 5.69 Å². The number of piperidine rings is 1. The molecule has 9 rings (SSSR count). The predicted molar refractivity (Wildman–Crippen MR) is 142 cm³/mol. The summed E-state index contributed by atoms with van der Waals surface area (Å²) in [7, 11) is 0. The summed E-state index contributed by atoms with van der Waals surface area (Å²) >= 11 is 0. The molecule has 1 spiro atoms. The number of benzene rings is 3. The molecule has 2 amide bonds. The van der Waals surface area contributed by atoms with Crippen LogP contribution in [0.15, 0.2) is 83.7 Å². The predicted octanol–water partition coefficient (Wildman–Crippen LogP) is 2.51. The van der Waals surface area contributed by atoms with E-state index >= 15 is 0 Å². The Kier molecular flexibility index (Phi) is 4.10. The lowest BCUT2D eigenvalue weighted by Crippen LogP contribution is -2.75. The summed E-state index contributed by atoms with van der Waals surface area (Å²) < 4.78 is 1.59. The lowest BCUT2D eigenvalue weighted by atomic mass is 9.57. The molecule has 0 radical (unpaired) electrons. The summed E-state index contributed by atoms with van der Waals surface area (Å²) in [6.45, 7) is 1.96. The van der Waals surface area contributed by atoms with Gasteiger partial charge in [-0.3, -0.25) is 29.2 Å². The van der Waals surface area contributed by atoms with Crippen LogP contribution < -0.4 is 21.1 Å². The molecule has 1 aromatic heterocycles. The molecule has 5 aliphatic rings. The molecule has 188 valence electrons. The zero-order valence-electron chi connectivity index (χ0n) is 20.7. The number of amides is 2. The van der Waals surface area contributed by atoms with E-state index in [1.165, 1.54) is 0 Å². The molecule has 2 bridgehead atoms. The van der Waals surface area contributed by atoms with E-state index in [0.717, 1.165) is 16.8 Å². The molecule has 2 saturated heterocycles. The van der Waals surface area contributed by atoms with Crippen molar-refractivity contribution in [1.82, 2.24) is 20.2 Å². The molecule has 5 unspecified atom stereocenters. The number of anilines is 1. The van der Waals surface area contributed by atoms with Gasteiger partial charge in [-0.15, -0.1) is 0 Å². The first-order chi connectivity index (χ1) is 18.4. The van der Waals surface area contributed by atoms with Gasteiger partial charge in [0.15, 0.2) is 0 Å². The second-order valence-corrected chi connectivity index (χ2v) is 11.0. The SMILES string of the molecule is CC12NC(=O)C(CC13c1ccccc1N1C(=O)C(Cc4ccccc4)NC13)n1c2nc2ccccc2c1=O. The van der Waals surface area contributed by atoms with E-state index in [1.54, 1.807) is 10.6 Å². The summed E-state index contributed by atoms with van der Waals surface area (Å²) in [4.78, 5) is 47.9. The average Bonchev–Trinajstić information content (AvgIpc) is 3.39. The maximum Gasteiger partial charge on any atom is 0.262 e. The number of para-hydroxylation sites is 2. The van der Waals surface area contributed by atoms with Crippen LogP contribution in [-0.2, 0) is 27.0 Å². The topological polar surface area (TPSA) is 96.3 Å². The molecule has 3 aromatic carbocycles. The Labute approximate surface area is 218 Å². The Morgan fingerprint density at radius 3 is 2.53 bits per heavy atom. The Hall–Kier alpha value is -4.30. The Morgan fingerprint density at radius 2 is 1.68 bits per heavy atom. The second kappa shape index (κ2) is 7.17. The standard InChI is InChI=1S/C30H25N5O3/c1-29-27-31-20-13-7-5-11-18(20)25(37)35(27)23(24(36)33-29)16-30(29)19-12-6-8-14-22(19)34-26(38)21(32-28(30)34)15-17-9-3-2-4-10-17/h2-14,21,23,28,32H,15-16H2,1H3,(H,33,36). The van der Waals surface area contributed by atoms with Crippen molar-refractivity contribution in [2.75, 3.05) is 4.90 Å². The van der Waals surface area contributed by atoms with Gasteiger partial charge in [-0.05, 0) is 49.1 Å². The molecule has 38 heavy (non-hydrogen) atoms. The molecule has 0 aliphatic carbocycles. The number of rotatable bonds is 2. The van der Waals surface area contributed by atoms with Gasteiger partial charge in [0.25, 0.3) is 5.56 Å². The quantitative estimate of drug-likeness (QED) is 0.438. The van der Waals surface area contributed by atoms with Gasteiger partial charge in [-0.1, -0.05) is 60.7 Å². The van der Waals surface area contributed by atoms with Gasteiger partial charge in [0.1, 0.15) is 23.6 Å². The van der Waals surface area contributed by atoms with Crippen molar-refractivity contribution in [2.24, 2.45) is 0 Å². The smallest absolute Gasteiger partial charge is 0.262 e. The van der Waals surface area contributed by atoms with Gasteiger partial charge in [0, 0.05) is 5.69 Å². The lowest BCUT2D eigenvalue weighted by Gasteiger charge is -2.58. The highest BCUT2D eigenvalue weighted by atomic mass is 16.2. The highest BCUT2D eigenvalue weighted by Gasteiger charge is 2.72. The number of nitrogens with one attached hydrogen (secondary N) is 2. The summed E-state index contributed by atoms with van der Waals surface area (Å²) in [5.41, 5.74) is 1.57. The fraction of sp³-hybridized carbons (Fsp3) is 0.267. The Balaban J connectivity index is 1.35. The van der Waals surface area contributed by atoms with Crippen molar-refractivity contribution in [3.8, 4) is 0 Å². The molecule has 6 heterocycles. The van der Waals surface area contributed by atoms with E-state index in [9.17, 15) is 14.4 Å². The number of aromatic nitrogens is 2. The highest BCUT2D eigenvalue weighted by molar-refractivity contribution is 6.04. The van der Waals surface area contributed by atoms with Crippen LogP contribution >= 0.6 is 0 Å². The van der Waals surface area contributed by atoms with Crippen LogP contribution in [0.5, 0.6) is 0 Å². The number of carbonyl (C=O) groups excluding carboxylic acids is 2. The van der Waals surface area contributed by atoms with Crippen LogP contribution in [0.2, 0.25) is 0 Å². The lowest BCUT2D eigenvalue weighted by molar-refractivity contribution is -0.137. The van der Waals surface area contributed by atoms with Crippen molar-refractivity contribution in [1.29, 1.82) is 0 Å².